The smallest absolute Gasteiger partial charge is 0.225 e. The van der Waals surface area contributed by atoms with Crippen LogP contribution in [-0.2, 0) is 17.6 Å². The van der Waals surface area contributed by atoms with Crippen molar-refractivity contribution in [1.29, 1.82) is 0 Å². The molecule has 4 heteroatoms. The molecule has 0 aliphatic carbocycles. The summed E-state index contributed by atoms with van der Waals surface area (Å²) in [5, 5.41) is 4.97. The first-order valence-electron chi connectivity index (χ1n) is 6.19. The Morgan fingerprint density at radius 2 is 2.00 bits per heavy atom. The molecule has 1 atom stereocenters. The van der Waals surface area contributed by atoms with E-state index in [9.17, 15) is 4.79 Å². The van der Waals surface area contributed by atoms with Gasteiger partial charge >= 0.3 is 0 Å². The van der Waals surface area contributed by atoms with Crippen LogP contribution >= 0.6 is 22.9 Å². The predicted octanol–water partition coefficient (Wildman–Crippen LogP) is 3.26. The summed E-state index contributed by atoms with van der Waals surface area (Å²) in [5.74, 6) is 0.453. The first-order chi connectivity index (χ1) is 9.28. The van der Waals surface area contributed by atoms with Gasteiger partial charge in [-0.15, -0.1) is 22.9 Å². The minimum absolute atomic E-state index is 0.0171. The van der Waals surface area contributed by atoms with Crippen LogP contribution in [0.4, 0.5) is 0 Å². The molecule has 2 nitrogen and oxygen atoms in total. The summed E-state index contributed by atoms with van der Waals surface area (Å²) in [7, 11) is 0. The van der Waals surface area contributed by atoms with Crippen molar-refractivity contribution in [2.75, 3.05) is 5.88 Å². The number of amides is 1. The van der Waals surface area contributed by atoms with Gasteiger partial charge in [-0.05, 0) is 23.4 Å². The maximum Gasteiger partial charge on any atom is 0.225 e. The molecule has 19 heavy (non-hydrogen) atoms. The molecule has 1 heterocycles. The molecule has 0 fully saturated rings. The normalized spacial score (nSPS) is 12.1. The van der Waals surface area contributed by atoms with Crippen molar-refractivity contribution in [2.24, 2.45) is 0 Å². The molecular formula is C15H16ClNOS. The molecule has 0 radical (unpaired) electrons. The van der Waals surface area contributed by atoms with E-state index in [1.807, 2.05) is 47.8 Å². The maximum atomic E-state index is 11.9. The Labute approximate surface area is 122 Å². The van der Waals surface area contributed by atoms with Crippen LogP contribution in [-0.4, -0.2) is 17.8 Å². The van der Waals surface area contributed by atoms with E-state index in [0.29, 0.717) is 12.3 Å². The van der Waals surface area contributed by atoms with Gasteiger partial charge in [-0.2, -0.15) is 0 Å². The Balaban J connectivity index is 1.86. The SMILES string of the molecule is O=C(Cc1cccs1)N[C@H](CCl)Cc1ccccc1. The summed E-state index contributed by atoms with van der Waals surface area (Å²) >= 11 is 7.53. The molecule has 0 aliphatic heterocycles. The monoisotopic (exact) mass is 293 g/mol. The standard InChI is InChI=1S/C15H16ClNOS/c16-11-13(9-12-5-2-1-3-6-12)17-15(18)10-14-7-4-8-19-14/h1-8,13H,9-11H2,(H,17,18)/t13-/m0/s1. The van der Waals surface area contributed by atoms with Crippen molar-refractivity contribution in [1.82, 2.24) is 5.32 Å². The highest BCUT2D eigenvalue weighted by atomic mass is 35.5. The highest BCUT2D eigenvalue weighted by molar-refractivity contribution is 7.10. The molecule has 0 saturated carbocycles. The van der Waals surface area contributed by atoms with Gasteiger partial charge < -0.3 is 5.32 Å². The highest BCUT2D eigenvalue weighted by Gasteiger charge is 2.12. The average Bonchev–Trinajstić information content (AvgIpc) is 2.92. The van der Waals surface area contributed by atoms with Crippen LogP contribution in [0.2, 0.25) is 0 Å². The lowest BCUT2D eigenvalue weighted by Gasteiger charge is -2.16. The van der Waals surface area contributed by atoms with Gasteiger partial charge in [0, 0.05) is 16.8 Å². The molecule has 1 N–H and O–H groups in total. The molecule has 0 spiro atoms. The second-order valence-electron chi connectivity index (χ2n) is 4.36. The van der Waals surface area contributed by atoms with Gasteiger partial charge in [0.05, 0.1) is 6.42 Å². The van der Waals surface area contributed by atoms with Crippen LogP contribution in [0.1, 0.15) is 10.4 Å². The van der Waals surface area contributed by atoms with Crippen molar-refractivity contribution in [3.05, 3.63) is 58.3 Å². The van der Waals surface area contributed by atoms with Crippen molar-refractivity contribution < 1.29 is 4.79 Å². The fourth-order valence-corrected chi connectivity index (χ4v) is 2.78. The van der Waals surface area contributed by atoms with Gasteiger partial charge in [-0.3, -0.25) is 4.79 Å². The number of hydrogen-bond acceptors (Lipinski definition) is 2. The van der Waals surface area contributed by atoms with Crippen LogP contribution in [0.3, 0.4) is 0 Å². The van der Waals surface area contributed by atoms with Gasteiger partial charge in [0.2, 0.25) is 5.91 Å². The third kappa shape index (κ3) is 4.69. The number of alkyl halides is 1. The Morgan fingerprint density at radius 1 is 1.21 bits per heavy atom. The molecule has 0 unspecified atom stereocenters. The van der Waals surface area contributed by atoms with Crippen LogP contribution in [0, 0.1) is 0 Å². The number of carbonyl (C=O) groups excluding carboxylic acids is 1. The van der Waals surface area contributed by atoms with Crippen LogP contribution in [0.25, 0.3) is 0 Å². The summed E-state index contributed by atoms with van der Waals surface area (Å²) in [4.78, 5) is 13.0. The van der Waals surface area contributed by atoms with E-state index in [-0.39, 0.29) is 11.9 Å². The summed E-state index contributed by atoms with van der Waals surface area (Å²) < 4.78 is 0. The number of carbonyl (C=O) groups is 1. The zero-order valence-electron chi connectivity index (χ0n) is 10.5. The van der Waals surface area contributed by atoms with Crippen LogP contribution in [0.15, 0.2) is 47.8 Å². The quantitative estimate of drug-likeness (QED) is 0.814. The molecule has 0 aliphatic rings. The van der Waals surface area contributed by atoms with Crippen LogP contribution < -0.4 is 5.32 Å². The van der Waals surface area contributed by atoms with E-state index in [1.165, 1.54) is 5.56 Å². The first kappa shape index (κ1) is 14.1. The maximum absolute atomic E-state index is 11.9. The minimum Gasteiger partial charge on any atom is -0.352 e. The summed E-state index contributed by atoms with van der Waals surface area (Å²) in [6.07, 6.45) is 1.19. The van der Waals surface area contributed by atoms with Gasteiger partial charge in [0.15, 0.2) is 0 Å². The lowest BCUT2D eigenvalue weighted by molar-refractivity contribution is -0.120. The van der Waals surface area contributed by atoms with E-state index >= 15 is 0 Å². The molecule has 2 rings (SSSR count). The Morgan fingerprint density at radius 3 is 2.63 bits per heavy atom. The van der Waals surface area contributed by atoms with E-state index in [4.69, 9.17) is 11.6 Å². The number of hydrogen-bond donors (Lipinski definition) is 1. The molecule has 1 aromatic heterocycles. The number of rotatable bonds is 6. The molecule has 1 aromatic carbocycles. The molecule has 2 aromatic rings. The number of nitrogens with one attached hydrogen (secondary N) is 1. The molecular weight excluding hydrogens is 278 g/mol. The van der Waals surface area contributed by atoms with Crippen molar-refractivity contribution in [2.45, 2.75) is 18.9 Å². The lowest BCUT2D eigenvalue weighted by atomic mass is 10.1. The second kappa shape index (κ2) is 7.31. The lowest BCUT2D eigenvalue weighted by Crippen LogP contribution is -2.38. The fraction of sp³-hybridized carbons (Fsp3) is 0.267. The van der Waals surface area contributed by atoms with Crippen molar-refractivity contribution in [3.8, 4) is 0 Å². The fourth-order valence-electron chi connectivity index (χ4n) is 1.89. The Hall–Kier alpha value is -1.32. The van der Waals surface area contributed by atoms with Crippen molar-refractivity contribution >= 4 is 28.8 Å². The number of thiophene rings is 1. The van der Waals surface area contributed by atoms with Gasteiger partial charge in [-0.1, -0.05) is 36.4 Å². The summed E-state index contributed by atoms with van der Waals surface area (Å²) in [5.41, 5.74) is 1.18. The minimum atomic E-state index is -0.0171. The van der Waals surface area contributed by atoms with Gasteiger partial charge in [0.1, 0.15) is 0 Å². The number of benzene rings is 1. The highest BCUT2D eigenvalue weighted by Crippen LogP contribution is 2.10. The predicted molar refractivity (Wildman–Crippen MR) is 80.8 cm³/mol. The molecule has 0 bridgehead atoms. The topological polar surface area (TPSA) is 29.1 Å². The Bertz CT molecular complexity index is 498. The van der Waals surface area contributed by atoms with Crippen LogP contribution in [0.5, 0.6) is 0 Å². The van der Waals surface area contributed by atoms with E-state index < -0.39 is 0 Å². The first-order valence-corrected chi connectivity index (χ1v) is 7.61. The summed E-state index contributed by atoms with van der Waals surface area (Å²) in [6, 6.07) is 14.0. The molecule has 100 valence electrons. The van der Waals surface area contributed by atoms with E-state index in [0.717, 1.165) is 11.3 Å². The van der Waals surface area contributed by atoms with E-state index in [1.54, 1.807) is 11.3 Å². The largest absolute Gasteiger partial charge is 0.352 e. The third-order valence-corrected chi connectivity index (χ3v) is 4.04. The van der Waals surface area contributed by atoms with Gasteiger partial charge in [0.25, 0.3) is 0 Å². The third-order valence-electron chi connectivity index (χ3n) is 2.79. The average molecular weight is 294 g/mol. The van der Waals surface area contributed by atoms with Crippen molar-refractivity contribution in [3.63, 3.8) is 0 Å². The number of halogens is 1. The molecule has 1 amide bonds. The summed E-state index contributed by atoms with van der Waals surface area (Å²) in [6.45, 7) is 0. The van der Waals surface area contributed by atoms with E-state index in [2.05, 4.69) is 5.32 Å². The zero-order valence-corrected chi connectivity index (χ0v) is 12.1. The zero-order chi connectivity index (χ0) is 13.5. The van der Waals surface area contributed by atoms with Gasteiger partial charge in [-0.25, -0.2) is 0 Å². The second-order valence-corrected chi connectivity index (χ2v) is 5.71. The molecule has 0 saturated heterocycles. The Kier molecular flexibility index (Phi) is 5.43.